The number of imidazole rings is 1. The lowest BCUT2D eigenvalue weighted by Crippen LogP contribution is -2.36. The summed E-state index contributed by atoms with van der Waals surface area (Å²) in [5.74, 6) is 6.82. The molecular weight excluding hydrogens is 242 g/mol. The van der Waals surface area contributed by atoms with Gasteiger partial charge in [0.2, 0.25) is 0 Å². The van der Waals surface area contributed by atoms with Crippen LogP contribution in [0.5, 0.6) is 0 Å². The Morgan fingerprint density at radius 1 is 1.37 bits per heavy atom. The van der Waals surface area contributed by atoms with Crippen molar-refractivity contribution < 1.29 is 4.74 Å². The molecule has 0 aromatic carbocycles. The molecule has 0 spiro atoms. The van der Waals surface area contributed by atoms with Crippen LogP contribution in [-0.4, -0.2) is 40.9 Å². The summed E-state index contributed by atoms with van der Waals surface area (Å²) in [6.45, 7) is 4.82. The quantitative estimate of drug-likeness (QED) is 0.754. The first-order chi connectivity index (χ1) is 9.31. The van der Waals surface area contributed by atoms with Gasteiger partial charge in [0.15, 0.2) is 17.2 Å². The number of hydrogen-bond acceptors (Lipinski definition) is 5. The SMILES string of the molecule is CC#Cc1c(N2CCOCC2)nc2c(N)ccnn12. The first-order valence-electron chi connectivity index (χ1n) is 6.20. The molecule has 0 aliphatic carbocycles. The second-order valence-electron chi connectivity index (χ2n) is 4.28. The highest BCUT2D eigenvalue weighted by atomic mass is 16.5. The molecule has 0 atom stereocenters. The van der Waals surface area contributed by atoms with E-state index in [1.165, 1.54) is 0 Å². The van der Waals surface area contributed by atoms with E-state index in [0.717, 1.165) is 24.6 Å². The summed E-state index contributed by atoms with van der Waals surface area (Å²) >= 11 is 0. The molecule has 0 unspecified atom stereocenters. The molecule has 1 aliphatic rings. The lowest BCUT2D eigenvalue weighted by atomic mass is 10.3. The van der Waals surface area contributed by atoms with Crippen LogP contribution in [0.2, 0.25) is 0 Å². The molecule has 1 saturated heterocycles. The molecule has 0 saturated carbocycles. The average Bonchev–Trinajstić information content (AvgIpc) is 2.81. The van der Waals surface area contributed by atoms with E-state index in [0.29, 0.717) is 24.5 Å². The van der Waals surface area contributed by atoms with Crippen molar-refractivity contribution in [3.63, 3.8) is 0 Å². The molecule has 2 N–H and O–H groups in total. The molecule has 19 heavy (non-hydrogen) atoms. The normalized spacial score (nSPS) is 15.3. The highest BCUT2D eigenvalue weighted by Gasteiger charge is 2.20. The minimum atomic E-state index is 0.605. The number of aromatic nitrogens is 3. The van der Waals surface area contributed by atoms with Gasteiger partial charge in [0.25, 0.3) is 0 Å². The number of fused-ring (bicyclic) bond motifs is 1. The number of rotatable bonds is 1. The fourth-order valence-electron chi connectivity index (χ4n) is 2.18. The summed E-state index contributed by atoms with van der Waals surface area (Å²) in [6, 6.07) is 1.74. The predicted molar refractivity (Wildman–Crippen MR) is 73.0 cm³/mol. The van der Waals surface area contributed by atoms with Crippen molar-refractivity contribution >= 4 is 17.2 Å². The van der Waals surface area contributed by atoms with E-state index in [9.17, 15) is 0 Å². The van der Waals surface area contributed by atoms with Gasteiger partial charge in [-0.1, -0.05) is 5.92 Å². The minimum Gasteiger partial charge on any atom is -0.396 e. The Morgan fingerprint density at radius 2 is 2.16 bits per heavy atom. The number of nitrogens with zero attached hydrogens (tertiary/aromatic N) is 4. The van der Waals surface area contributed by atoms with Crippen LogP contribution in [0.3, 0.4) is 0 Å². The molecule has 98 valence electrons. The summed E-state index contributed by atoms with van der Waals surface area (Å²) in [7, 11) is 0. The molecule has 3 rings (SSSR count). The zero-order chi connectivity index (χ0) is 13.2. The molecule has 1 aliphatic heterocycles. The van der Waals surface area contributed by atoms with Crippen LogP contribution in [0.15, 0.2) is 12.3 Å². The van der Waals surface area contributed by atoms with Gasteiger partial charge >= 0.3 is 0 Å². The Balaban J connectivity index is 2.18. The predicted octanol–water partition coefficient (Wildman–Crippen LogP) is 0.519. The van der Waals surface area contributed by atoms with E-state index in [-0.39, 0.29) is 0 Å². The summed E-state index contributed by atoms with van der Waals surface area (Å²) < 4.78 is 7.07. The van der Waals surface area contributed by atoms with E-state index in [2.05, 4.69) is 26.8 Å². The van der Waals surface area contributed by atoms with E-state index in [1.54, 1.807) is 23.7 Å². The van der Waals surface area contributed by atoms with E-state index in [4.69, 9.17) is 10.5 Å². The van der Waals surface area contributed by atoms with Crippen molar-refractivity contribution in [2.24, 2.45) is 0 Å². The number of ether oxygens (including phenoxy) is 1. The lowest BCUT2D eigenvalue weighted by molar-refractivity contribution is 0.122. The molecule has 2 aromatic heterocycles. The molecular formula is C13H15N5O. The highest BCUT2D eigenvalue weighted by Crippen LogP contribution is 2.23. The van der Waals surface area contributed by atoms with Crippen LogP contribution < -0.4 is 10.6 Å². The number of hydrogen-bond donors (Lipinski definition) is 1. The number of anilines is 2. The van der Waals surface area contributed by atoms with Crippen molar-refractivity contribution in [1.29, 1.82) is 0 Å². The van der Waals surface area contributed by atoms with Crippen LogP contribution >= 0.6 is 0 Å². The van der Waals surface area contributed by atoms with Gasteiger partial charge in [0.1, 0.15) is 0 Å². The van der Waals surface area contributed by atoms with Crippen LogP contribution in [0, 0.1) is 11.8 Å². The van der Waals surface area contributed by atoms with E-state index >= 15 is 0 Å². The van der Waals surface area contributed by atoms with Gasteiger partial charge in [-0.05, 0) is 18.9 Å². The third-order valence-electron chi connectivity index (χ3n) is 3.08. The maximum Gasteiger partial charge on any atom is 0.180 e. The Morgan fingerprint density at radius 3 is 2.89 bits per heavy atom. The van der Waals surface area contributed by atoms with Gasteiger partial charge in [0, 0.05) is 13.1 Å². The second kappa shape index (κ2) is 4.78. The Hall–Kier alpha value is -2.26. The van der Waals surface area contributed by atoms with Gasteiger partial charge in [-0.25, -0.2) is 9.50 Å². The van der Waals surface area contributed by atoms with Crippen molar-refractivity contribution in [1.82, 2.24) is 14.6 Å². The maximum atomic E-state index is 5.95. The third-order valence-corrected chi connectivity index (χ3v) is 3.08. The van der Waals surface area contributed by atoms with Crippen LogP contribution in [0.25, 0.3) is 5.65 Å². The zero-order valence-corrected chi connectivity index (χ0v) is 10.8. The first-order valence-corrected chi connectivity index (χ1v) is 6.20. The van der Waals surface area contributed by atoms with Gasteiger partial charge in [-0.15, -0.1) is 0 Å². The molecule has 3 heterocycles. The monoisotopic (exact) mass is 257 g/mol. The standard InChI is InChI=1S/C13H15N5O/c1-2-3-11-13(17-6-8-19-9-7-17)16-12-10(14)4-5-15-18(11)12/h4-5H,6-9,14H2,1H3. The maximum absolute atomic E-state index is 5.95. The summed E-state index contributed by atoms with van der Waals surface area (Å²) in [5.41, 5.74) is 7.99. The molecule has 6 heteroatoms. The topological polar surface area (TPSA) is 68.7 Å². The Bertz CT molecular complexity index is 661. The molecule has 2 aromatic rings. The largest absolute Gasteiger partial charge is 0.396 e. The summed E-state index contributed by atoms with van der Waals surface area (Å²) in [5, 5.41) is 4.29. The smallest absolute Gasteiger partial charge is 0.180 e. The zero-order valence-electron chi connectivity index (χ0n) is 10.8. The van der Waals surface area contributed by atoms with Gasteiger partial charge in [0.05, 0.1) is 25.1 Å². The molecule has 0 amide bonds. The molecule has 1 fully saturated rings. The van der Waals surface area contributed by atoms with Crippen LogP contribution in [-0.2, 0) is 4.74 Å². The van der Waals surface area contributed by atoms with E-state index in [1.807, 2.05) is 0 Å². The Labute approximate surface area is 111 Å². The average molecular weight is 257 g/mol. The first kappa shape index (κ1) is 11.8. The van der Waals surface area contributed by atoms with Gasteiger partial charge in [-0.2, -0.15) is 5.10 Å². The number of nitrogens with two attached hydrogens (primary N) is 1. The fraction of sp³-hybridized carbons (Fsp3) is 0.385. The number of morpholine rings is 1. The second-order valence-corrected chi connectivity index (χ2v) is 4.28. The number of nitrogen functional groups attached to an aromatic ring is 1. The minimum absolute atomic E-state index is 0.605. The van der Waals surface area contributed by atoms with Crippen molar-refractivity contribution in [3.05, 3.63) is 18.0 Å². The van der Waals surface area contributed by atoms with Gasteiger partial charge in [-0.3, -0.25) is 0 Å². The molecule has 0 bridgehead atoms. The van der Waals surface area contributed by atoms with Crippen molar-refractivity contribution in [2.45, 2.75) is 6.92 Å². The third kappa shape index (κ3) is 1.98. The van der Waals surface area contributed by atoms with Crippen LogP contribution in [0.1, 0.15) is 12.6 Å². The van der Waals surface area contributed by atoms with E-state index < -0.39 is 0 Å². The van der Waals surface area contributed by atoms with Crippen molar-refractivity contribution in [2.75, 3.05) is 36.9 Å². The highest BCUT2D eigenvalue weighted by molar-refractivity contribution is 5.70. The van der Waals surface area contributed by atoms with Crippen LogP contribution in [0.4, 0.5) is 11.5 Å². The molecule has 0 radical (unpaired) electrons. The summed E-state index contributed by atoms with van der Waals surface area (Å²) in [4.78, 5) is 6.76. The summed E-state index contributed by atoms with van der Waals surface area (Å²) in [6.07, 6.45) is 1.66. The molecule has 6 nitrogen and oxygen atoms in total. The Kier molecular flexibility index (Phi) is 2.97. The fourth-order valence-corrected chi connectivity index (χ4v) is 2.18. The van der Waals surface area contributed by atoms with Gasteiger partial charge < -0.3 is 15.4 Å². The lowest BCUT2D eigenvalue weighted by Gasteiger charge is -2.26. The van der Waals surface area contributed by atoms with Crippen molar-refractivity contribution in [3.8, 4) is 11.8 Å².